The summed E-state index contributed by atoms with van der Waals surface area (Å²) >= 11 is 6.61. The number of carbonyl (C=O) groups excluding carboxylic acids is 1. The molecule has 0 unspecified atom stereocenters. The van der Waals surface area contributed by atoms with Crippen LogP contribution in [0.1, 0.15) is 15.9 Å². The van der Waals surface area contributed by atoms with Crippen LogP contribution < -0.4 is 10.2 Å². The number of halogens is 2. The molecule has 114 valence electrons. The molecular formula is C15H12Br2N2O3. The fraction of sp³-hybridized carbons (Fsp3) is 0.0667. The smallest absolute Gasteiger partial charge is 0.271 e. The molecule has 2 rings (SSSR count). The number of hydrogen-bond donors (Lipinski definition) is 2. The highest BCUT2D eigenvalue weighted by molar-refractivity contribution is 9.10. The summed E-state index contributed by atoms with van der Waals surface area (Å²) in [6, 6.07) is 10.2. The maximum absolute atomic E-state index is 11.9. The second-order valence-corrected chi connectivity index (χ2v) is 6.09. The first-order valence-electron chi connectivity index (χ1n) is 6.16. The molecule has 0 aliphatic carbocycles. The van der Waals surface area contributed by atoms with Crippen molar-refractivity contribution in [2.24, 2.45) is 5.10 Å². The molecular weight excluding hydrogens is 416 g/mol. The van der Waals surface area contributed by atoms with Crippen LogP contribution >= 0.6 is 31.9 Å². The fourth-order valence-corrected chi connectivity index (χ4v) is 2.56. The average Bonchev–Trinajstić information content (AvgIpc) is 2.50. The molecule has 0 atom stereocenters. The van der Waals surface area contributed by atoms with Crippen LogP contribution in [0.4, 0.5) is 0 Å². The Balaban J connectivity index is 2.13. The molecule has 0 saturated carbocycles. The number of hydrogen-bond acceptors (Lipinski definition) is 4. The Hall–Kier alpha value is -1.86. The number of hydrazone groups is 1. The van der Waals surface area contributed by atoms with E-state index in [1.807, 2.05) is 6.07 Å². The molecule has 5 nitrogen and oxygen atoms in total. The summed E-state index contributed by atoms with van der Waals surface area (Å²) in [4.78, 5) is 11.9. The van der Waals surface area contributed by atoms with E-state index < -0.39 is 0 Å². The van der Waals surface area contributed by atoms with E-state index in [1.54, 1.807) is 30.3 Å². The molecule has 0 aliphatic rings. The minimum absolute atomic E-state index is 0.0499. The number of nitrogens with zero attached hydrogens (tertiary/aromatic N) is 1. The molecule has 1 amide bonds. The predicted molar refractivity (Wildman–Crippen MR) is 91.6 cm³/mol. The van der Waals surface area contributed by atoms with Crippen LogP contribution in [-0.4, -0.2) is 24.3 Å². The normalized spacial score (nSPS) is 10.7. The van der Waals surface area contributed by atoms with Gasteiger partial charge in [0.15, 0.2) is 11.5 Å². The van der Waals surface area contributed by atoms with Gasteiger partial charge in [0.2, 0.25) is 0 Å². The lowest BCUT2D eigenvalue weighted by Gasteiger charge is -2.06. The maximum atomic E-state index is 11.9. The van der Waals surface area contributed by atoms with Gasteiger partial charge in [-0.2, -0.15) is 5.10 Å². The standard InChI is InChI=1S/C15H12Br2N2O3/c1-22-13-7-12(17)6-10(14(13)20)8-18-19-15(21)9-3-2-4-11(16)5-9/h2-8,20H,1H3,(H,19,21). The molecule has 22 heavy (non-hydrogen) atoms. The summed E-state index contributed by atoms with van der Waals surface area (Å²) in [6.45, 7) is 0. The van der Waals surface area contributed by atoms with Crippen LogP contribution in [0.15, 0.2) is 50.4 Å². The SMILES string of the molecule is COc1cc(Br)cc(C=NNC(=O)c2cccc(Br)c2)c1O. The van der Waals surface area contributed by atoms with E-state index in [0.717, 1.165) is 8.95 Å². The van der Waals surface area contributed by atoms with Gasteiger partial charge in [-0.3, -0.25) is 4.79 Å². The van der Waals surface area contributed by atoms with Gasteiger partial charge in [-0.05, 0) is 30.3 Å². The number of amides is 1. The Bertz CT molecular complexity index is 733. The number of carbonyl (C=O) groups is 1. The minimum Gasteiger partial charge on any atom is -0.504 e. The maximum Gasteiger partial charge on any atom is 0.271 e. The van der Waals surface area contributed by atoms with Gasteiger partial charge in [0, 0.05) is 20.1 Å². The summed E-state index contributed by atoms with van der Waals surface area (Å²) in [7, 11) is 1.46. The highest BCUT2D eigenvalue weighted by Gasteiger charge is 2.08. The Labute approximate surface area is 144 Å². The molecule has 0 saturated heterocycles. The van der Waals surface area contributed by atoms with E-state index in [4.69, 9.17) is 4.74 Å². The molecule has 7 heteroatoms. The van der Waals surface area contributed by atoms with Crippen molar-refractivity contribution in [2.75, 3.05) is 7.11 Å². The number of phenols is 1. The number of benzene rings is 2. The lowest BCUT2D eigenvalue weighted by molar-refractivity contribution is 0.0955. The van der Waals surface area contributed by atoms with E-state index in [0.29, 0.717) is 16.9 Å². The van der Waals surface area contributed by atoms with Crippen LogP contribution in [0.2, 0.25) is 0 Å². The number of phenolic OH excluding ortho intramolecular Hbond substituents is 1. The molecule has 0 fully saturated rings. The zero-order valence-electron chi connectivity index (χ0n) is 11.5. The molecule has 0 heterocycles. The van der Waals surface area contributed by atoms with Crippen molar-refractivity contribution < 1.29 is 14.6 Å². The van der Waals surface area contributed by atoms with Gasteiger partial charge < -0.3 is 9.84 Å². The first-order valence-corrected chi connectivity index (χ1v) is 7.75. The Kier molecular flexibility index (Phi) is 5.57. The van der Waals surface area contributed by atoms with Gasteiger partial charge in [0.1, 0.15) is 0 Å². The van der Waals surface area contributed by atoms with Crippen LogP contribution in [-0.2, 0) is 0 Å². The van der Waals surface area contributed by atoms with E-state index in [2.05, 4.69) is 42.4 Å². The van der Waals surface area contributed by atoms with Gasteiger partial charge >= 0.3 is 0 Å². The van der Waals surface area contributed by atoms with Crippen molar-refractivity contribution in [3.05, 3.63) is 56.5 Å². The molecule has 0 spiro atoms. The molecule has 2 aromatic rings. The van der Waals surface area contributed by atoms with Crippen LogP contribution in [0.3, 0.4) is 0 Å². The highest BCUT2D eigenvalue weighted by Crippen LogP contribution is 2.32. The average molecular weight is 428 g/mol. The summed E-state index contributed by atoms with van der Waals surface area (Å²) in [5.41, 5.74) is 3.29. The van der Waals surface area contributed by atoms with Crippen molar-refractivity contribution in [2.45, 2.75) is 0 Å². The van der Waals surface area contributed by atoms with Gasteiger partial charge in [-0.25, -0.2) is 5.43 Å². The van der Waals surface area contributed by atoms with Crippen molar-refractivity contribution in [3.63, 3.8) is 0 Å². The second kappa shape index (κ2) is 7.42. The van der Waals surface area contributed by atoms with E-state index in [-0.39, 0.29) is 11.7 Å². The van der Waals surface area contributed by atoms with E-state index in [9.17, 15) is 9.90 Å². The fourth-order valence-electron chi connectivity index (χ4n) is 1.70. The quantitative estimate of drug-likeness (QED) is 0.577. The van der Waals surface area contributed by atoms with Gasteiger partial charge in [0.05, 0.1) is 13.3 Å². The minimum atomic E-state index is -0.348. The van der Waals surface area contributed by atoms with Crippen molar-refractivity contribution in [1.29, 1.82) is 0 Å². The monoisotopic (exact) mass is 426 g/mol. The van der Waals surface area contributed by atoms with Crippen LogP contribution in [0.25, 0.3) is 0 Å². The zero-order valence-corrected chi connectivity index (χ0v) is 14.7. The first kappa shape index (κ1) is 16.5. The third-order valence-electron chi connectivity index (χ3n) is 2.75. The summed E-state index contributed by atoms with van der Waals surface area (Å²) in [5.74, 6) is -0.0840. The summed E-state index contributed by atoms with van der Waals surface area (Å²) in [5, 5.41) is 13.8. The molecule has 0 aromatic heterocycles. The number of rotatable bonds is 4. The molecule has 0 aliphatic heterocycles. The summed E-state index contributed by atoms with van der Waals surface area (Å²) in [6.07, 6.45) is 1.35. The van der Waals surface area contributed by atoms with Gasteiger partial charge in [-0.1, -0.05) is 37.9 Å². The number of ether oxygens (including phenoxy) is 1. The van der Waals surface area contributed by atoms with Crippen molar-refractivity contribution in [3.8, 4) is 11.5 Å². The third-order valence-corrected chi connectivity index (χ3v) is 3.70. The number of aromatic hydroxyl groups is 1. The Morgan fingerprint density at radius 1 is 1.27 bits per heavy atom. The number of nitrogens with one attached hydrogen (secondary N) is 1. The highest BCUT2D eigenvalue weighted by atomic mass is 79.9. The second-order valence-electron chi connectivity index (χ2n) is 4.26. The predicted octanol–water partition coefficient (Wildman–Crippen LogP) is 3.69. The van der Waals surface area contributed by atoms with Gasteiger partial charge in [-0.15, -0.1) is 0 Å². The lowest BCUT2D eigenvalue weighted by atomic mass is 10.2. The Morgan fingerprint density at radius 3 is 2.73 bits per heavy atom. The van der Waals surface area contributed by atoms with Crippen molar-refractivity contribution >= 4 is 44.0 Å². The first-order chi connectivity index (χ1) is 10.5. The number of methoxy groups -OCH3 is 1. The largest absolute Gasteiger partial charge is 0.504 e. The van der Waals surface area contributed by atoms with Gasteiger partial charge in [0.25, 0.3) is 5.91 Å². The van der Waals surface area contributed by atoms with Crippen LogP contribution in [0, 0.1) is 0 Å². The molecule has 2 aromatic carbocycles. The lowest BCUT2D eigenvalue weighted by Crippen LogP contribution is -2.17. The molecule has 2 N–H and O–H groups in total. The van der Waals surface area contributed by atoms with E-state index in [1.165, 1.54) is 13.3 Å². The summed E-state index contributed by atoms with van der Waals surface area (Å²) < 4.78 is 6.57. The van der Waals surface area contributed by atoms with Crippen LogP contribution in [0.5, 0.6) is 11.5 Å². The Morgan fingerprint density at radius 2 is 2.05 bits per heavy atom. The zero-order chi connectivity index (χ0) is 16.1. The molecule has 0 bridgehead atoms. The third kappa shape index (κ3) is 4.08. The van der Waals surface area contributed by atoms with E-state index >= 15 is 0 Å². The topological polar surface area (TPSA) is 70.9 Å². The molecule has 0 radical (unpaired) electrons. The van der Waals surface area contributed by atoms with Crippen molar-refractivity contribution in [1.82, 2.24) is 5.43 Å².